The molecule has 0 unspecified atom stereocenters. The third-order valence-corrected chi connectivity index (χ3v) is 6.38. The number of H-pyrrole nitrogens is 2. The highest BCUT2D eigenvalue weighted by Gasteiger charge is 2.33. The van der Waals surface area contributed by atoms with Crippen LogP contribution >= 0.6 is 0 Å². The lowest BCUT2D eigenvalue weighted by molar-refractivity contribution is -0.136. The number of halogens is 3. The van der Waals surface area contributed by atoms with Gasteiger partial charge in [0.15, 0.2) is 0 Å². The number of carbonyl (C=O) groups excluding carboxylic acids is 1. The number of hydrogen-bond donors (Lipinski definition) is 4. The summed E-state index contributed by atoms with van der Waals surface area (Å²) in [6.07, 6.45) is -2.83. The van der Waals surface area contributed by atoms with E-state index in [9.17, 15) is 18.0 Å². The lowest BCUT2D eigenvalue weighted by Crippen LogP contribution is -2.37. The number of hydrogen-bond acceptors (Lipinski definition) is 6. The van der Waals surface area contributed by atoms with Gasteiger partial charge in [0, 0.05) is 24.2 Å². The summed E-state index contributed by atoms with van der Waals surface area (Å²) in [5, 5.41) is 13.5. The summed E-state index contributed by atoms with van der Waals surface area (Å²) in [5.74, 6) is -0.203. The van der Waals surface area contributed by atoms with E-state index >= 15 is 0 Å². The lowest BCUT2D eigenvalue weighted by Gasteiger charge is -2.30. The number of carbonyl (C=O) groups is 1. The zero-order valence-electron chi connectivity index (χ0n) is 19.9. The fraction of sp³-hybridized carbons (Fsp3) is 0.192. The Kier molecular flexibility index (Phi) is 5.87. The molecule has 0 radical (unpaired) electrons. The van der Waals surface area contributed by atoms with E-state index in [4.69, 9.17) is 4.74 Å². The highest BCUT2D eigenvalue weighted by atomic mass is 19.4. The van der Waals surface area contributed by atoms with Crippen molar-refractivity contribution in [1.82, 2.24) is 20.2 Å². The fourth-order valence-corrected chi connectivity index (χ4v) is 4.53. The van der Waals surface area contributed by atoms with Crippen LogP contribution in [0.3, 0.4) is 0 Å². The van der Waals surface area contributed by atoms with Gasteiger partial charge >= 0.3 is 6.18 Å². The fourth-order valence-electron chi connectivity index (χ4n) is 4.53. The van der Waals surface area contributed by atoms with E-state index in [0.29, 0.717) is 54.3 Å². The summed E-state index contributed by atoms with van der Waals surface area (Å²) < 4.78 is 45.9. The Morgan fingerprint density at radius 2 is 1.84 bits per heavy atom. The maximum Gasteiger partial charge on any atom is 0.418 e. The van der Waals surface area contributed by atoms with Crippen LogP contribution in [0.1, 0.15) is 15.9 Å². The van der Waals surface area contributed by atoms with Crippen molar-refractivity contribution in [2.45, 2.75) is 6.18 Å². The SMILES string of the molecule is O=C(Nc1ccc2cn[nH]c2c1)c1cc2[nH]c(Nc3ccccc3C(F)(F)F)nc2cc1N1CCOCC1. The predicted octanol–water partition coefficient (Wildman–Crippen LogP) is 5.29. The number of alkyl halides is 3. The van der Waals surface area contributed by atoms with Crippen LogP contribution in [0.4, 0.5) is 36.2 Å². The van der Waals surface area contributed by atoms with E-state index in [1.165, 1.54) is 18.2 Å². The topological polar surface area (TPSA) is 111 Å². The Bertz CT molecular complexity index is 1640. The van der Waals surface area contributed by atoms with Crippen molar-refractivity contribution in [3.8, 4) is 0 Å². The third-order valence-electron chi connectivity index (χ3n) is 6.38. The molecule has 3 aromatic carbocycles. The maximum absolute atomic E-state index is 13.5. The van der Waals surface area contributed by atoms with E-state index in [1.807, 2.05) is 11.0 Å². The number of morpholine rings is 1. The van der Waals surface area contributed by atoms with Crippen LogP contribution in [0.15, 0.2) is 60.8 Å². The molecule has 4 N–H and O–H groups in total. The molecule has 3 heterocycles. The van der Waals surface area contributed by atoms with Gasteiger partial charge in [0.2, 0.25) is 5.95 Å². The molecule has 1 aliphatic rings. The first-order chi connectivity index (χ1) is 18.3. The molecule has 1 aliphatic heterocycles. The first-order valence-electron chi connectivity index (χ1n) is 11.9. The van der Waals surface area contributed by atoms with Gasteiger partial charge in [0.1, 0.15) is 0 Å². The molecule has 6 rings (SSSR count). The van der Waals surface area contributed by atoms with Crippen molar-refractivity contribution >= 4 is 50.9 Å². The van der Waals surface area contributed by atoms with Gasteiger partial charge in [-0.25, -0.2) is 4.98 Å². The zero-order valence-corrected chi connectivity index (χ0v) is 19.9. The number of benzene rings is 3. The van der Waals surface area contributed by atoms with E-state index < -0.39 is 11.7 Å². The van der Waals surface area contributed by atoms with E-state index in [-0.39, 0.29) is 17.5 Å². The van der Waals surface area contributed by atoms with Crippen LogP contribution in [0.2, 0.25) is 0 Å². The van der Waals surface area contributed by atoms with Crippen molar-refractivity contribution in [3.63, 3.8) is 0 Å². The Morgan fingerprint density at radius 1 is 1.03 bits per heavy atom. The first-order valence-corrected chi connectivity index (χ1v) is 11.9. The van der Waals surface area contributed by atoms with Gasteiger partial charge in [0.05, 0.1) is 58.5 Å². The smallest absolute Gasteiger partial charge is 0.378 e. The Hall–Kier alpha value is -4.58. The normalized spacial score (nSPS) is 14.2. The number of aromatic nitrogens is 4. The van der Waals surface area contributed by atoms with Crippen LogP contribution < -0.4 is 15.5 Å². The molecule has 5 aromatic rings. The summed E-state index contributed by atoms with van der Waals surface area (Å²) >= 11 is 0. The summed E-state index contributed by atoms with van der Waals surface area (Å²) in [6, 6.07) is 14.1. The second-order valence-corrected chi connectivity index (χ2v) is 8.87. The van der Waals surface area contributed by atoms with Gasteiger partial charge < -0.3 is 25.3 Å². The molecule has 0 saturated carbocycles. The molecular weight excluding hydrogens is 499 g/mol. The van der Waals surface area contributed by atoms with Crippen LogP contribution in [-0.2, 0) is 10.9 Å². The number of para-hydroxylation sites is 1. The quantitative estimate of drug-likeness (QED) is 0.250. The van der Waals surface area contributed by atoms with Gasteiger partial charge in [-0.15, -0.1) is 0 Å². The number of nitrogens with one attached hydrogen (secondary N) is 4. The van der Waals surface area contributed by atoms with Crippen molar-refractivity contribution < 1.29 is 22.7 Å². The average Bonchev–Trinajstić information content (AvgIpc) is 3.53. The second kappa shape index (κ2) is 9.38. The Labute approximate surface area is 214 Å². The molecule has 9 nitrogen and oxygen atoms in total. The molecule has 1 amide bonds. The molecule has 2 aromatic heterocycles. The van der Waals surface area contributed by atoms with Gasteiger partial charge in [-0.1, -0.05) is 12.1 Å². The van der Waals surface area contributed by atoms with Crippen molar-refractivity contribution in [2.24, 2.45) is 0 Å². The first kappa shape index (κ1) is 23.8. The number of nitrogens with zero attached hydrogens (tertiary/aromatic N) is 3. The summed E-state index contributed by atoms with van der Waals surface area (Å²) in [4.78, 5) is 23.0. The van der Waals surface area contributed by atoms with Gasteiger partial charge in [-0.2, -0.15) is 18.3 Å². The highest BCUT2D eigenvalue weighted by molar-refractivity contribution is 6.11. The number of ether oxygens (including phenoxy) is 1. The molecule has 38 heavy (non-hydrogen) atoms. The molecule has 194 valence electrons. The van der Waals surface area contributed by atoms with Gasteiger partial charge in [-0.3, -0.25) is 9.89 Å². The Morgan fingerprint density at radius 3 is 2.66 bits per heavy atom. The number of aromatic amines is 2. The molecule has 0 bridgehead atoms. The minimum Gasteiger partial charge on any atom is -0.378 e. The van der Waals surface area contributed by atoms with Crippen molar-refractivity contribution in [1.29, 1.82) is 0 Å². The maximum atomic E-state index is 13.5. The van der Waals surface area contributed by atoms with Crippen molar-refractivity contribution in [2.75, 3.05) is 41.8 Å². The minimum absolute atomic E-state index is 0.125. The standard InChI is InChI=1S/C26H22F3N7O2/c27-26(28,29)18-3-1-2-4-19(18)32-25-33-21-12-17(23(13-22(21)34-25)36-7-9-38-10-8-36)24(37)31-16-6-5-15-14-30-35-20(15)11-16/h1-6,11-14H,7-10H2,(H,30,35)(H,31,37)(H2,32,33,34). The third kappa shape index (κ3) is 4.61. The molecule has 0 spiro atoms. The molecule has 1 fully saturated rings. The van der Waals surface area contributed by atoms with Gasteiger partial charge in [-0.05, 0) is 42.5 Å². The Balaban J connectivity index is 1.36. The van der Waals surface area contributed by atoms with Gasteiger partial charge in [0.25, 0.3) is 5.91 Å². The number of fused-ring (bicyclic) bond motifs is 2. The van der Waals surface area contributed by atoms with Crippen molar-refractivity contribution in [3.05, 3.63) is 71.9 Å². The number of anilines is 4. The highest BCUT2D eigenvalue weighted by Crippen LogP contribution is 2.36. The summed E-state index contributed by atoms with van der Waals surface area (Å²) in [7, 11) is 0. The van der Waals surface area contributed by atoms with E-state index in [1.54, 1.807) is 30.5 Å². The van der Waals surface area contributed by atoms with E-state index in [2.05, 4.69) is 30.8 Å². The van der Waals surface area contributed by atoms with Crippen LogP contribution in [-0.4, -0.2) is 52.4 Å². The zero-order chi connectivity index (χ0) is 26.3. The molecule has 0 atom stereocenters. The minimum atomic E-state index is -4.52. The monoisotopic (exact) mass is 521 g/mol. The molecule has 0 aliphatic carbocycles. The number of rotatable bonds is 5. The van der Waals surface area contributed by atoms with E-state index in [0.717, 1.165) is 17.0 Å². The number of amides is 1. The number of imidazole rings is 1. The molecule has 12 heteroatoms. The summed E-state index contributed by atoms with van der Waals surface area (Å²) in [5.41, 5.74) is 2.52. The second-order valence-electron chi connectivity index (χ2n) is 8.87. The average molecular weight is 522 g/mol. The molecular formula is C26H22F3N7O2. The molecule has 1 saturated heterocycles. The predicted molar refractivity (Wildman–Crippen MR) is 138 cm³/mol. The van der Waals surface area contributed by atoms with Crippen LogP contribution in [0, 0.1) is 0 Å². The van der Waals surface area contributed by atoms with Crippen LogP contribution in [0.25, 0.3) is 21.9 Å². The largest absolute Gasteiger partial charge is 0.418 e. The lowest BCUT2D eigenvalue weighted by atomic mass is 10.1. The summed E-state index contributed by atoms with van der Waals surface area (Å²) in [6.45, 7) is 2.19. The van der Waals surface area contributed by atoms with Crippen LogP contribution in [0.5, 0.6) is 0 Å².